The van der Waals surface area contributed by atoms with Gasteiger partial charge < -0.3 is 10.4 Å². The van der Waals surface area contributed by atoms with Crippen LogP contribution in [0, 0.1) is 5.92 Å². The van der Waals surface area contributed by atoms with E-state index in [4.69, 9.17) is 5.11 Å². The second-order valence-corrected chi connectivity index (χ2v) is 4.58. The van der Waals surface area contributed by atoms with Gasteiger partial charge in [-0.25, -0.2) is 4.79 Å². The van der Waals surface area contributed by atoms with E-state index in [0.29, 0.717) is 0 Å². The maximum atomic E-state index is 12.8. The van der Waals surface area contributed by atoms with Crippen LogP contribution in [0.5, 0.6) is 0 Å². The van der Waals surface area contributed by atoms with E-state index in [1.807, 2.05) is 0 Å². The number of alkyl halides is 3. The van der Waals surface area contributed by atoms with Gasteiger partial charge in [-0.3, -0.25) is 4.79 Å². The fourth-order valence-electron chi connectivity index (χ4n) is 1.66. The number of amides is 1. The Hall–Kier alpha value is -2.05. The first-order valence-electron chi connectivity index (χ1n) is 5.84. The molecule has 0 saturated carbocycles. The Morgan fingerprint density at radius 2 is 1.75 bits per heavy atom. The summed E-state index contributed by atoms with van der Waals surface area (Å²) < 4.78 is 38.3. The number of hydrogen-bond donors (Lipinski definition) is 2. The van der Waals surface area contributed by atoms with Crippen LogP contribution in [0.4, 0.5) is 13.2 Å². The Morgan fingerprint density at radius 1 is 1.20 bits per heavy atom. The van der Waals surface area contributed by atoms with E-state index in [9.17, 15) is 22.8 Å². The highest BCUT2D eigenvalue weighted by Crippen LogP contribution is 2.31. The number of aliphatic carboxylic acids is 1. The summed E-state index contributed by atoms with van der Waals surface area (Å²) in [6.07, 6.45) is -4.68. The fourth-order valence-corrected chi connectivity index (χ4v) is 1.66. The summed E-state index contributed by atoms with van der Waals surface area (Å²) in [5.41, 5.74) is -1.68. The van der Waals surface area contributed by atoms with Crippen LogP contribution in [0.2, 0.25) is 0 Å². The van der Waals surface area contributed by atoms with Gasteiger partial charge in [0, 0.05) is 0 Å². The van der Waals surface area contributed by atoms with E-state index in [-0.39, 0.29) is 0 Å². The van der Waals surface area contributed by atoms with Crippen LogP contribution in [0.25, 0.3) is 0 Å². The predicted octanol–water partition coefficient (Wildman–Crippen LogP) is 2.54. The molecule has 0 aliphatic carbocycles. The molecule has 0 aliphatic rings. The summed E-state index contributed by atoms with van der Waals surface area (Å²) >= 11 is 0. The minimum Gasteiger partial charge on any atom is -0.480 e. The highest BCUT2D eigenvalue weighted by atomic mass is 19.4. The molecule has 7 heteroatoms. The van der Waals surface area contributed by atoms with Crippen molar-refractivity contribution in [3.8, 4) is 0 Å². The number of carbonyl (C=O) groups excluding carboxylic acids is 1. The summed E-state index contributed by atoms with van der Waals surface area (Å²) in [5.74, 6) is -2.80. The first-order chi connectivity index (χ1) is 9.14. The molecule has 0 heterocycles. The molecule has 110 valence electrons. The predicted molar refractivity (Wildman–Crippen MR) is 65.2 cm³/mol. The van der Waals surface area contributed by atoms with Gasteiger partial charge in [0.15, 0.2) is 0 Å². The van der Waals surface area contributed by atoms with Crippen molar-refractivity contribution < 1.29 is 27.9 Å². The lowest BCUT2D eigenvalue weighted by Crippen LogP contribution is -2.44. The zero-order chi connectivity index (χ0) is 15.5. The largest absolute Gasteiger partial charge is 0.480 e. The topological polar surface area (TPSA) is 66.4 Å². The van der Waals surface area contributed by atoms with Crippen molar-refractivity contribution in [2.45, 2.75) is 26.1 Å². The van der Waals surface area contributed by atoms with Crippen LogP contribution < -0.4 is 5.32 Å². The van der Waals surface area contributed by atoms with Gasteiger partial charge in [-0.2, -0.15) is 13.2 Å². The van der Waals surface area contributed by atoms with E-state index in [2.05, 4.69) is 5.32 Å². The lowest BCUT2D eigenvalue weighted by atomic mass is 10.0. The van der Waals surface area contributed by atoms with Crippen molar-refractivity contribution in [3.05, 3.63) is 35.4 Å². The van der Waals surface area contributed by atoms with Crippen LogP contribution in [0.3, 0.4) is 0 Å². The van der Waals surface area contributed by atoms with Crippen LogP contribution in [0.1, 0.15) is 29.8 Å². The van der Waals surface area contributed by atoms with Crippen LogP contribution >= 0.6 is 0 Å². The molecule has 1 aromatic carbocycles. The normalized spacial score (nSPS) is 13.1. The number of nitrogens with one attached hydrogen (secondary N) is 1. The van der Waals surface area contributed by atoms with Gasteiger partial charge in [0.25, 0.3) is 5.91 Å². The molecule has 0 radical (unpaired) electrons. The molecule has 0 spiro atoms. The number of carboxylic acids is 1. The van der Waals surface area contributed by atoms with E-state index in [1.165, 1.54) is 6.07 Å². The van der Waals surface area contributed by atoms with Crippen molar-refractivity contribution in [3.63, 3.8) is 0 Å². The third kappa shape index (κ3) is 3.72. The van der Waals surface area contributed by atoms with Gasteiger partial charge in [0.1, 0.15) is 6.04 Å². The molecule has 4 nitrogen and oxygen atoms in total. The summed E-state index contributed by atoms with van der Waals surface area (Å²) in [6, 6.07) is 2.99. The van der Waals surface area contributed by atoms with Gasteiger partial charge in [-0.15, -0.1) is 0 Å². The molecule has 1 amide bonds. The van der Waals surface area contributed by atoms with Gasteiger partial charge >= 0.3 is 12.1 Å². The first-order valence-corrected chi connectivity index (χ1v) is 5.84. The van der Waals surface area contributed by atoms with E-state index < -0.39 is 41.1 Å². The van der Waals surface area contributed by atoms with Crippen molar-refractivity contribution in [1.29, 1.82) is 0 Å². The van der Waals surface area contributed by atoms with Gasteiger partial charge in [0.2, 0.25) is 0 Å². The molecule has 1 atom stereocenters. The molecular formula is C13H14F3NO3. The Morgan fingerprint density at radius 3 is 2.20 bits per heavy atom. The Kier molecular flexibility index (Phi) is 4.75. The lowest BCUT2D eigenvalue weighted by Gasteiger charge is -2.19. The average molecular weight is 289 g/mol. The second kappa shape index (κ2) is 5.94. The molecule has 1 rings (SSSR count). The Bertz CT molecular complexity index is 512. The first kappa shape index (κ1) is 16.0. The maximum Gasteiger partial charge on any atom is 0.417 e. The third-order valence-corrected chi connectivity index (χ3v) is 2.70. The zero-order valence-corrected chi connectivity index (χ0v) is 10.9. The quantitative estimate of drug-likeness (QED) is 0.895. The lowest BCUT2D eigenvalue weighted by molar-refractivity contribution is -0.140. The third-order valence-electron chi connectivity index (χ3n) is 2.70. The number of carbonyl (C=O) groups is 2. The van der Waals surface area contributed by atoms with Gasteiger partial charge in [0.05, 0.1) is 11.1 Å². The molecule has 0 unspecified atom stereocenters. The number of rotatable bonds is 4. The van der Waals surface area contributed by atoms with E-state index in [1.54, 1.807) is 13.8 Å². The molecule has 0 aromatic heterocycles. The van der Waals surface area contributed by atoms with Crippen molar-refractivity contribution in [2.24, 2.45) is 5.92 Å². The van der Waals surface area contributed by atoms with Gasteiger partial charge in [-0.1, -0.05) is 26.0 Å². The standard InChI is InChI=1S/C13H14F3NO3/c1-7(2)10(12(19)20)17-11(18)8-5-3-4-6-9(8)13(14,15)16/h3-7,10H,1-2H3,(H,17,18)(H,19,20)/t10-/m0/s1. The molecule has 0 aliphatic heterocycles. The number of hydrogen-bond acceptors (Lipinski definition) is 2. The van der Waals surface area contributed by atoms with Crippen LogP contribution in [-0.2, 0) is 11.0 Å². The van der Waals surface area contributed by atoms with E-state index >= 15 is 0 Å². The Labute approximate surface area is 113 Å². The highest BCUT2D eigenvalue weighted by Gasteiger charge is 2.35. The molecule has 2 N–H and O–H groups in total. The Balaban J connectivity index is 3.07. The smallest absolute Gasteiger partial charge is 0.417 e. The van der Waals surface area contributed by atoms with E-state index in [0.717, 1.165) is 18.2 Å². The second-order valence-electron chi connectivity index (χ2n) is 4.58. The molecule has 20 heavy (non-hydrogen) atoms. The van der Waals surface area contributed by atoms with Crippen LogP contribution in [-0.4, -0.2) is 23.0 Å². The average Bonchev–Trinajstić information content (AvgIpc) is 2.33. The molecule has 0 fully saturated rings. The van der Waals surface area contributed by atoms with Crippen molar-refractivity contribution in [1.82, 2.24) is 5.32 Å². The summed E-state index contributed by atoms with van der Waals surface area (Å²) in [4.78, 5) is 22.8. The molecule has 0 bridgehead atoms. The summed E-state index contributed by atoms with van der Waals surface area (Å²) in [5, 5.41) is 11.0. The number of halogens is 3. The summed E-state index contributed by atoms with van der Waals surface area (Å²) in [7, 11) is 0. The monoisotopic (exact) mass is 289 g/mol. The highest BCUT2D eigenvalue weighted by molar-refractivity contribution is 5.98. The van der Waals surface area contributed by atoms with Crippen molar-refractivity contribution in [2.75, 3.05) is 0 Å². The van der Waals surface area contributed by atoms with Crippen LogP contribution in [0.15, 0.2) is 24.3 Å². The summed E-state index contributed by atoms with van der Waals surface area (Å²) in [6.45, 7) is 3.10. The fraction of sp³-hybridized carbons (Fsp3) is 0.385. The number of carboxylic acid groups (broad SMARTS) is 1. The molecule has 1 aromatic rings. The van der Waals surface area contributed by atoms with Gasteiger partial charge in [-0.05, 0) is 18.1 Å². The SMILES string of the molecule is CC(C)[C@H](NC(=O)c1ccccc1C(F)(F)F)C(=O)O. The number of benzene rings is 1. The molecule has 0 saturated heterocycles. The molecular weight excluding hydrogens is 275 g/mol. The van der Waals surface area contributed by atoms with Crippen molar-refractivity contribution >= 4 is 11.9 Å². The minimum atomic E-state index is -4.68. The zero-order valence-electron chi connectivity index (χ0n) is 10.9. The minimum absolute atomic E-state index is 0.450. The maximum absolute atomic E-state index is 12.8.